The standard InChI is InChI=1S/C23H25ClN4O2/c1-3-30-23-21(25-19-6-4-5-7-20(19)27-23)28-12-10-16(11-13-28)22(29)26-18-9-8-17(24)14-15(18)2/h4-9,14,16H,3,10-13H2,1-2H3,(H,26,29). The number of benzene rings is 2. The topological polar surface area (TPSA) is 67.4 Å². The summed E-state index contributed by atoms with van der Waals surface area (Å²) in [5.41, 5.74) is 3.43. The van der Waals surface area contributed by atoms with Gasteiger partial charge in [-0.3, -0.25) is 4.79 Å². The Morgan fingerprint density at radius 2 is 1.87 bits per heavy atom. The molecule has 1 aromatic heterocycles. The van der Waals surface area contributed by atoms with Gasteiger partial charge >= 0.3 is 0 Å². The van der Waals surface area contributed by atoms with Gasteiger partial charge in [0.1, 0.15) is 0 Å². The first-order valence-corrected chi connectivity index (χ1v) is 10.6. The lowest BCUT2D eigenvalue weighted by molar-refractivity contribution is -0.120. The van der Waals surface area contributed by atoms with Gasteiger partial charge in [0, 0.05) is 29.7 Å². The average Bonchev–Trinajstić information content (AvgIpc) is 2.75. The van der Waals surface area contributed by atoms with Crippen LogP contribution in [0.1, 0.15) is 25.3 Å². The van der Waals surface area contributed by atoms with Gasteiger partial charge in [-0.15, -0.1) is 0 Å². The number of anilines is 2. The van der Waals surface area contributed by atoms with Crippen molar-refractivity contribution in [3.63, 3.8) is 0 Å². The number of piperidine rings is 1. The summed E-state index contributed by atoms with van der Waals surface area (Å²) in [5.74, 6) is 1.31. The lowest BCUT2D eigenvalue weighted by Crippen LogP contribution is -2.39. The number of hydrogen-bond acceptors (Lipinski definition) is 5. The second kappa shape index (κ2) is 8.88. The van der Waals surface area contributed by atoms with Crippen LogP contribution in [0.3, 0.4) is 0 Å². The number of halogens is 1. The van der Waals surface area contributed by atoms with Gasteiger partial charge in [0.25, 0.3) is 5.88 Å². The smallest absolute Gasteiger partial charge is 0.258 e. The van der Waals surface area contributed by atoms with E-state index in [0.717, 1.165) is 54.0 Å². The SMILES string of the molecule is CCOc1nc2ccccc2nc1N1CCC(C(=O)Nc2ccc(Cl)cc2C)CC1. The van der Waals surface area contributed by atoms with E-state index in [9.17, 15) is 4.79 Å². The van der Waals surface area contributed by atoms with E-state index in [-0.39, 0.29) is 11.8 Å². The van der Waals surface area contributed by atoms with Gasteiger partial charge in [-0.1, -0.05) is 23.7 Å². The third kappa shape index (κ3) is 4.33. The summed E-state index contributed by atoms with van der Waals surface area (Å²) in [4.78, 5) is 24.4. The number of ether oxygens (including phenoxy) is 1. The number of rotatable bonds is 5. The highest BCUT2D eigenvalue weighted by Gasteiger charge is 2.28. The Morgan fingerprint density at radius 1 is 1.17 bits per heavy atom. The van der Waals surface area contributed by atoms with Crippen molar-refractivity contribution in [1.82, 2.24) is 9.97 Å². The van der Waals surface area contributed by atoms with Gasteiger partial charge in [-0.2, -0.15) is 0 Å². The highest BCUT2D eigenvalue weighted by Crippen LogP contribution is 2.31. The number of carbonyl (C=O) groups excluding carboxylic acids is 1. The molecule has 1 fully saturated rings. The van der Waals surface area contributed by atoms with Gasteiger partial charge in [0.15, 0.2) is 5.82 Å². The predicted octanol–water partition coefficient (Wildman–Crippen LogP) is 4.85. The van der Waals surface area contributed by atoms with Gasteiger partial charge in [-0.25, -0.2) is 9.97 Å². The monoisotopic (exact) mass is 424 g/mol. The molecule has 1 aliphatic rings. The number of fused-ring (bicyclic) bond motifs is 1. The Hall–Kier alpha value is -2.86. The second-order valence-electron chi connectivity index (χ2n) is 7.48. The van der Waals surface area contributed by atoms with Crippen LogP contribution < -0.4 is 15.0 Å². The first-order chi connectivity index (χ1) is 14.5. The third-order valence-corrected chi connectivity index (χ3v) is 5.65. The first kappa shape index (κ1) is 20.4. The van der Waals surface area contributed by atoms with E-state index in [1.807, 2.05) is 50.2 Å². The summed E-state index contributed by atoms with van der Waals surface area (Å²) < 4.78 is 5.77. The van der Waals surface area contributed by atoms with Gasteiger partial charge in [-0.05, 0) is 62.6 Å². The van der Waals surface area contributed by atoms with Crippen LogP contribution in [0.2, 0.25) is 5.02 Å². The van der Waals surface area contributed by atoms with Crippen molar-refractivity contribution in [1.29, 1.82) is 0 Å². The van der Waals surface area contributed by atoms with Gasteiger partial charge in [0.05, 0.1) is 17.6 Å². The van der Waals surface area contributed by atoms with E-state index in [2.05, 4.69) is 15.2 Å². The summed E-state index contributed by atoms with van der Waals surface area (Å²) >= 11 is 6.01. The Labute approximate surface area is 181 Å². The zero-order chi connectivity index (χ0) is 21.1. The van der Waals surface area contributed by atoms with Crippen LogP contribution in [0.4, 0.5) is 11.5 Å². The van der Waals surface area contributed by atoms with Crippen LogP contribution in [-0.2, 0) is 4.79 Å². The number of hydrogen-bond donors (Lipinski definition) is 1. The Kier molecular flexibility index (Phi) is 6.04. The Morgan fingerprint density at radius 3 is 2.53 bits per heavy atom. The molecule has 3 aromatic rings. The van der Waals surface area contributed by atoms with Crippen LogP contribution in [0.25, 0.3) is 11.0 Å². The highest BCUT2D eigenvalue weighted by atomic mass is 35.5. The van der Waals surface area contributed by atoms with Gasteiger partial charge in [0.2, 0.25) is 5.91 Å². The van der Waals surface area contributed by atoms with Crippen molar-refractivity contribution in [3.8, 4) is 5.88 Å². The molecule has 0 atom stereocenters. The molecule has 7 heteroatoms. The molecule has 0 saturated carbocycles. The minimum atomic E-state index is -0.0414. The second-order valence-corrected chi connectivity index (χ2v) is 7.92. The molecule has 0 bridgehead atoms. The molecule has 156 valence electrons. The molecule has 0 radical (unpaired) electrons. The third-order valence-electron chi connectivity index (χ3n) is 5.41. The zero-order valence-electron chi connectivity index (χ0n) is 17.2. The normalized spacial score (nSPS) is 14.7. The number of aryl methyl sites for hydroxylation is 1. The van der Waals surface area contributed by atoms with E-state index in [0.29, 0.717) is 17.5 Å². The van der Waals surface area contributed by atoms with Crippen molar-refractivity contribution in [2.45, 2.75) is 26.7 Å². The molecule has 1 N–H and O–H groups in total. The molecule has 0 aliphatic carbocycles. The van der Waals surface area contributed by atoms with Crippen LogP contribution in [0.15, 0.2) is 42.5 Å². The van der Waals surface area contributed by atoms with E-state index < -0.39 is 0 Å². The molecule has 0 unspecified atom stereocenters. The molecule has 30 heavy (non-hydrogen) atoms. The van der Waals surface area contributed by atoms with Crippen LogP contribution in [0, 0.1) is 12.8 Å². The maximum atomic E-state index is 12.8. The van der Waals surface area contributed by atoms with Crippen molar-refractivity contribution in [2.24, 2.45) is 5.92 Å². The molecule has 1 amide bonds. The average molecular weight is 425 g/mol. The lowest BCUT2D eigenvalue weighted by atomic mass is 9.95. The number of carbonyl (C=O) groups is 1. The zero-order valence-corrected chi connectivity index (χ0v) is 17.9. The van der Waals surface area contributed by atoms with E-state index in [1.54, 1.807) is 6.07 Å². The van der Waals surface area contributed by atoms with Crippen LogP contribution in [-0.4, -0.2) is 35.6 Å². The van der Waals surface area contributed by atoms with Crippen molar-refractivity contribution in [2.75, 3.05) is 29.9 Å². The summed E-state index contributed by atoms with van der Waals surface area (Å²) in [7, 11) is 0. The summed E-state index contributed by atoms with van der Waals surface area (Å²) in [6, 6.07) is 13.3. The number of nitrogens with zero attached hydrogens (tertiary/aromatic N) is 3. The van der Waals surface area contributed by atoms with Crippen molar-refractivity contribution >= 4 is 40.0 Å². The van der Waals surface area contributed by atoms with E-state index >= 15 is 0 Å². The maximum absolute atomic E-state index is 12.8. The minimum Gasteiger partial charge on any atom is -0.475 e. The quantitative estimate of drug-likeness (QED) is 0.634. The highest BCUT2D eigenvalue weighted by molar-refractivity contribution is 6.30. The number of nitrogens with one attached hydrogen (secondary N) is 1. The molecular formula is C23H25ClN4O2. The van der Waals surface area contributed by atoms with E-state index in [4.69, 9.17) is 21.3 Å². The van der Waals surface area contributed by atoms with E-state index in [1.165, 1.54) is 0 Å². The fourth-order valence-electron chi connectivity index (χ4n) is 3.77. The lowest BCUT2D eigenvalue weighted by Gasteiger charge is -2.32. The molecule has 4 rings (SSSR count). The van der Waals surface area contributed by atoms with Crippen LogP contribution >= 0.6 is 11.6 Å². The molecule has 1 aliphatic heterocycles. The summed E-state index contributed by atoms with van der Waals surface area (Å²) in [5, 5.41) is 3.72. The minimum absolute atomic E-state index is 0.0414. The number of amides is 1. The predicted molar refractivity (Wildman–Crippen MR) is 120 cm³/mol. The number of para-hydroxylation sites is 2. The Balaban J connectivity index is 1.46. The Bertz CT molecular complexity index is 1060. The maximum Gasteiger partial charge on any atom is 0.258 e. The van der Waals surface area contributed by atoms with Gasteiger partial charge < -0.3 is 15.0 Å². The molecule has 2 aromatic carbocycles. The molecular weight excluding hydrogens is 400 g/mol. The summed E-state index contributed by atoms with van der Waals surface area (Å²) in [6.45, 7) is 5.86. The molecule has 1 saturated heterocycles. The molecule has 0 spiro atoms. The number of aromatic nitrogens is 2. The van der Waals surface area contributed by atoms with Crippen LogP contribution in [0.5, 0.6) is 5.88 Å². The molecule has 2 heterocycles. The fourth-order valence-corrected chi connectivity index (χ4v) is 4.00. The van der Waals surface area contributed by atoms with Crippen molar-refractivity contribution in [3.05, 3.63) is 53.1 Å². The first-order valence-electron chi connectivity index (χ1n) is 10.3. The fraction of sp³-hybridized carbons (Fsp3) is 0.348. The summed E-state index contributed by atoms with van der Waals surface area (Å²) in [6.07, 6.45) is 1.50. The molecule has 6 nitrogen and oxygen atoms in total. The largest absolute Gasteiger partial charge is 0.475 e. The van der Waals surface area contributed by atoms with Crippen molar-refractivity contribution < 1.29 is 9.53 Å².